The van der Waals surface area contributed by atoms with E-state index in [1.807, 2.05) is 12.4 Å². The van der Waals surface area contributed by atoms with Crippen LogP contribution in [0.1, 0.15) is 36.1 Å². The second kappa shape index (κ2) is 14.7. The Kier molecular flexibility index (Phi) is 12.3. The zero-order chi connectivity index (χ0) is 25.1. The van der Waals surface area contributed by atoms with E-state index in [4.69, 9.17) is 0 Å². The van der Waals surface area contributed by atoms with Crippen molar-refractivity contribution in [3.05, 3.63) is 120 Å². The molecule has 0 aliphatic carbocycles. The molecule has 39 heavy (non-hydrogen) atoms. The second-order valence-electron chi connectivity index (χ2n) is 9.48. The molecule has 0 spiro atoms. The van der Waals surface area contributed by atoms with Gasteiger partial charge in [0.1, 0.15) is 0 Å². The minimum absolute atomic E-state index is 0. The molecular weight excluding hydrogens is 599 g/mol. The molecule has 0 unspecified atom stereocenters. The van der Waals surface area contributed by atoms with E-state index < -0.39 is 0 Å². The molecule has 0 saturated carbocycles. The molecule has 0 aliphatic heterocycles. The third kappa shape index (κ3) is 7.34. The maximum atomic E-state index is 4.50. The van der Waals surface area contributed by atoms with Crippen molar-refractivity contribution >= 4 is 21.5 Å². The van der Waals surface area contributed by atoms with Crippen LogP contribution in [0.5, 0.6) is 0 Å². The van der Waals surface area contributed by atoms with E-state index in [9.17, 15) is 0 Å². The summed E-state index contributed by atoms with van der Waals surface area (Å²) in [5.74, 6) is 0. The van der Waals surface area contributed by atoms with Crippen LogP contribution in [0.15, 0.2) is 97.3 Å². The average molecular weight is 631 g/mol. The first-order valence-corrected chi connectivity index (χ1v) is 12.8. The Morgan fingerprint density at radius 1 is 0.590 bits per heavy atom. The van der Waals surface area contributed by atoms with Crippen LogP contribution in [0.4, 0.5) is 0 Å². The minimum atomic E-state index is 0. The van der Waals surface area contributed by atoms with Crippen LogP contribution in [0, 0.1) is 13.8 Å². The molecule has 2 aromatic heterocycles. The van der Waals surface area contributed by atoms with E-state index in [2.05, 4.69) is 123 Å². The Hall–Kier alpha value is -2.58. The molecule has 196 valence electrons. The van der Waals surface area contributed by atoms with E-state index in [1.54, 1.807) is 0 Å². The van der Waals surface area contributed by atoms with Gasteiger partial charge in [-0.05, 0) is 37.8 Å². The van der Waals surface area contributed by atoms with E-state index in [1.165, 1.54) is 54.9 Å². The Labute approximate surface area is 263 Å². The van der Waals surface area contributed by atoms with E-state index in [0.29, 0.717) is 0 Å². The fraction of sp³-hybridized carbons (Fsp3) is 0.176. The van der Waals surface area contributed by atoms with E-state index in [-0.39, 0.29) is 51.0 Å². The predicted molar refractivity (Wildman–Crippen MR) is 154 cm³/mol. The van der Waals surface area contributed by atoms with Crippen LogP contribution in [0.3, 0.4) is 0 Å². The number of aryl methyl sites for hydroxylation is 4. The van der Waals surface area contributed by atoms with E-state index in [0.717, 1.165) is 24.2 Å². The first-order chi connectivity index (χ1) is 17.6. The van der Waals surface area contributed by atoms with Crippen molar-refractivity contribution in [3.63, 3.8) is 0 Å². The summed E-state index contributed by atoms with van der Waals surface area (Å²) in [5, 5.41) is 5.34. The monoisotopic (exact) mass is 628 g/mol. The van der Waals surface area contributed by atoms with Crippen molar-refractivity contribution in [1.29, 1.82) is 0 Å². The van der Waals surface area contributed by atoms with Gasteiger partial charge in [0, 0.05) is 23.8 Å². The van der Waals surface area contributed by atoms with Gasteiger partial charge in [0.2, 0.25) is 0 Å². The number of hydrogen-bond donors (Lipinski definition) is 0. The van der Waals surface area contributed by atoms with Gasteiger partial charge in [-0.25, -0.2) is 0 Å². The molecule has 0 N–H and O–H groups in total. The molecule has 5 heteroatoms. The van der Waals surface area contributed by atoms with Gasteiger partial charge in [-0.2, -0.15) is 0 Å². The predicted octanol–water partition coefficient (Wildman–Crippen LogP) is 2.99. The molecule has 0 fully saturated rings. The van der Waals surface area contributed by atoms with Crippen LogP contribution < -0.4 is 24.8 Å². The molecule has 4 aromatic carbocycles. The van der Waals surface area contributed by atoms with Gasteiger partial charge in [-0.15, -0.1) is 69.1 Å². The fourth-order valence-electron chi connectivity index (χ4n) is 4.79. The molecule has 0 radical (unpaired) electrons. The molecule has 6 rings (SSSR count). The van der Waals surface area contributed by atoms with Gasteiger partial charge in [0.15, 0.2) is 0 Å². The molecule has 0 aliphatic rings. The fourth-order valence-corrected chi connectivity index (χ4v) is 4.79. The third-order valence-electron chi connectivity index (χ3n) is 6.86. The molecule has 0 bridgehead atoms. The number of pyridine rings is 2. The van der Waals surface area contributed by atoms with Gasteiger partial charge in [-0.3, -0.25) is 9.97 Å². The minimum Gasteiger partial charge on any atom is -1.00 e. The molecule has 0 amide bonds. The van der Waals surface area contributed by atoms with Gasteiger partial charge < -0.3 is 24.8 Å². The molecule has 2 nitrogen and oxygen atoms in total. The summed E-state index contributed by atoms with van der Waals surface area (Å²) in [6, 6.07) is 30.4. The van der Waals surface area contributed by atoms with Crippen molar-refractivity contribution in [1.82, 2.24) is 9.97 Å². The van der Waals surface area contributed by atoms with Crippen molar-refractivity contribution in [2.75, 3.05) is 0 Å². The van der Waals surface area contributed by atoms with Gasteiger partial charge in [0.25, 0.3) is 0 Å². The smallest absolute Gasteiger partial charge is 1.00 e. The van der Waals surface area contributed by atoms with Crippen molar-refractivity contribution in [3.8, 4) is 22.5 Å². The normalized spacial score (nSPS) is 10.2. The molecular formula is C34H32Cl2N2Zr. The quantitative estimate of drug-likeness (QED) is 0.280. The number of halogens is 2. The Bertz CT molecular complexity index is 1490. The number of nitrogens with zero attached hydrogens (tertiary/aromatic N) is 2. The molecule has 2 heterocycles. The average Bonchev–Trinajstić information content (AvgIpc) is 3.54. The summed E-state index contributed by atoms with van der Waals surface area (Å²) >= 11 is 0. The largest absolute Gasteiger partial charge is 4.00 e. The zero-order valence-electron chi connectivity index (χ0n) is 22.8. The van der Waals surface area contributed by atoms with Crippen LogP contribution in [0.2, 0.25) is 0 Å². The van der Waals surface area contributed by atoms with Crippen LogP contribution in [0.25, 0.3) is 44.1 Å². The van der Waals surface area contributed by atoms with Crippen LogP contribution in [-0.4, -0.2) is 9.97 Å². The van der Waals surface area contributed by atoms with Crippen LogP contribution in [-0.2, 0) is 39.0 Å². The second-order valence-corrected chi connectivity index (χ2v) is 9.48. The maximum Gasteiger partial charge on any atom is 4.00 e. The summed E-state index contributed by atoms with van der Waals surface area (Å²) in [6.07, 6.45) is 5.99. The Balaban J connectivity index is 0.000000254. The SMILES string of the molecule is CCc1cccc2[cH-]c(-c3ccc(C)cn3)cc12.CCc1cccc2[cH-]c(-c3ccc(C)cn3)cc12.[Cl-].[Cl-].[Zr+4]. The summed E-state index contributed by atoms with van der Waals surface area (Å²) in [6.45, 7) is 8.53. The van der Waals surface area contributed by atoms with Gasteiger partial charge >= 0.3 is 26.2 Å². The molecule has 0 saturated heterocycles. The Morgan fingerprint density at radius 3 is 1.33 bits per heavy atom. The molecule has 0 atom stereocenters. The number of rotatable bonds is 4. The van der Waals surface area contributed by atoms with Crippen molar-refractivity contribution in [2.45, 2.75) is 40.5 Å². The molecule has 6 aromatic rings. The van der Waals surface area contributed by atoms with Gasteiger partial charge in [-0.1, -0.05) is 73.5 Å². The van der Waals surface area contributed by atoms with Crippen molar-refractivity contribution < 1.29 is 51.0 Å². The first kappa shape index (κ1) is 32.6. The summed E-state index contributed by atoms with van der Waals surface area (Å²) in [4.78, 5) is 9.00. The van der Waals surface area contributed by atoms with Gasteiger partial charge in [0.05, 0.1) is 0 Å². The Morgan fingerprint density at radius 2 is 1.00 bits per heavy atom. The van der Waals surface area contributed by atoms with Crippen molar-refractivity contribution in [2.24, 2.45) is 0 Å². The van der Waals surface area contributed by atoms with E-state index >= 15 is 0 Å². The first-order valence-electron chi connectivity index (χ1n) is 12.8. The number of hydrogen-bond acceptors (Lipinski definition) is 2. The summed E-state index contributed by atoms with van der Waals surface area (Å²) < 4.78 is 0. The zero-order valence-corrected chi connectivity index (χ0v) is 26.8. The maximum absolute atomic E-state index is 4.50. The summed E-state index contributed by atoms with van der Waals surface area (Å²) in [5.41, 5.74) is 9.75. The standard InChI is InChI=1S/2C17H16N.2ClH.Zr/c2*1-3-13-5-4-6-14-9-15(10-16(13)14)17-8-7-12(2)11-18-17;;;/h2*4-11H,3H2,1-2H3;2*1H;/q2*-1;;;+4/p-2. The number of fused-ring (bicyclic) bond motifs is 2. The number of aromatic nitrogens is 2. The van der Waals surface area contributed by atoms with Crippen LogP contribution >= 0.6 is 0 Å². The third-order valence-corrected chi connectivity index (χ3v) is 6.86. The summed E-state index contributed by atoms with van der Waals surface area (Å²) in [7, 11) is 0. The number of benzene rings is 2. The topological polar surface area (TPSA) is 25.8 Å².